The van der Waals surface area contributed by atoms with Crippen molar-refractivity contribution < 1.29 is 37.6 Å². The minimum atomic E-state index is -0.503. The highest BCUT2D eigenvalue weighted by Gasteiger charge is 2.22. The number of rotatable bonds is 13. The van der Waals surface area contributed by atoms with Crippen molar-refractivity contribution in [3.05, 3.63) is 165 Å². The minimum absolute atomic E-state index is 0.0650. The quantitative estimate of drug-likeness (QED) is 0.108. The van der Waals surface area contributed by atoms with Crippen LogP contribution in [0.5, 0.6) is 23.0 Å². The van der Waals surface area contributed by atoms with Gasteiger partial charge in [-0.25, -0.2) is 0 Å². The van der Waals surface area contributed by atoms with Crippen LogP contribution in [0.1, 0.15) is 21.7 Å². The summed E-state index contributed by atoms with van der Waals surface area (Å²) in [5.74, 6) is 3.56. The number of fused-ring (bicyclic) bond motifs is 2. The van der Waals surface area contributed by atoms with Crippen molar-refractivity contribution in [1.82, 2.24) is 14.0 Å². The Kier molecular flexibility index (Phi) is 12.4. The molecule has 13 nitrogen and oxygen atoms in total. The fraction of sp³-hybridized carbons (Fsp3) is 0.239. The average Bonchev–Trinajstić information content (AvgIpc) is 4.08. The summed E-state index contributed by atoms with van der Waals surface area (Å²) in [7, 11) is 1.97. The summed E-state index contributed by atoms with van der Waals surface area (Å²) in [5.41, 5.74) is 1.81. The number of hydrogen-bond donors (Lipinski definition) is 0. The molecular weight excluding hydrogens is 755 g/mol. The number of pyridine rings is 2. The van der Waals surface area contributed by atoms with Gasteiger partial charge in [0.15, 0.2) is 18.9 Å². The fourth-order valence-corrected chi connectivity index (χ4v) is 7.06. The van der Waals surface area contributed by atoms with Crippen molar-refractivity contribution in [1.29, 1.82) is 0 Å². The molecule has 0 N–H and O–H groups in total. The van der Waals surface area contributed by atoms with Crippen LogP contribution in [0.3, 0.4) is 0 Å². The zero-order chi connectivity index (χ0) is 40.6. The summed E-state index contributed by atoms with van der Waals surface area (Å²) in [6, 6.07) is 37.5. The summed E-state index contributed by atoms with van der Waals surface area (Å²) in [6.45, 7) is 3.69. The number of aromatic nitrogens is 2. The highest BCUT2D eigenvalue weighted by molar-refractivity contribution is 5.87. The summed E-state index contributed by atoms with van der Waals surface area (Å²) in [6.07, 6.45) is 1.28. The Bertz CT molecular complexity index is 2610. The van der Waals surface area contributed by atoms with Gasteiger partial charge in [0, 0.05) is 24.2 Å². The van der Waals surface area contributed by atoms with E-state index in [1.54, 1.807) is 29.0 Å². The molecule has 0 atom stereocenters. The molecule has 5 heterocycles. The highest BCUT2D eigenvalue weighted by atomic mass is 16.7. The van der Waals surface area contributed by atoms with Crippen LogP contribution >= 0.6 is 0 Å². The van der Waals surface area contributed by atoms with Gasteiger partial charge in [-0.3, -0.25) is 19.3 Å². The van der Waals surface area contributed by atoms with Crippen molar-refractivity contribution in [2.45, 2.75) is 38.8 Å². The molecule has 59 heavy (non-hydrogen) atoms. The molecule has 9 rings (SSSR count). The standard InChI is InChI=1S/C26H26N2O5.C20H17NO5/c1-27(17-23-8-5-11-30-23)16-20-14-19-9-10-22(33-21-6-3-2-4-7-21)15-24(19)28(26(20)29)18-25-31-12-13-32-25;22-13-15-10-14-6-7-17(26-16-4-2-1-3-5-16)11-18(14)21(20(15)23)12-19-24-8-9-25-19/h2-11,14-15,25H,12-13,16-18H2,1H3;1-7,10-11,13,19H,8-9,12H2. The zero-order valence-corrected chi connectivity index (χ0v) is 32.4. The van der Waals surface area contributed by atoms with E-state index in [9.17, 15) is 14.4 Å². The smallest absolute Gasteiger partial charge is 0.261 e. The van der Waals surface area contributed by atoms with Gasteiger partial charge in [-0.1, -0.05) is 36.4 Å². The molecule has 0 amide bonds. The number of nitrogens with zero attached hydrogens (tertiary/aromatic N) is 3. The van der Waals surface area contributed by atoms with Gasteiger partial charge in [0.05, 0.1) is 68.9 Å². The highest BCUT2D eigenvalue weighted by Crippen LogP contribution is 2.28. The first-order valence-corrected chi connectivity index (χ1v) is 19.3. The molecule has 0 unspecified atom stereocenters. The van der Waals surface area contributed by atoms with E-state index >= 15 is 0 Å². The number of aldehydes is 1. The van der Waals surface area contributed by atoms with Crippen LogP contribution in [-0.4, -0.2) is 66.4 Å². The van der Waals surface area contributed by atoms with Crippen LogP contribution in [0.25, 0.3) is 21.8 Å². The van der Waals surface area contributed by atoms with Crippen molar-refractivity contribution in [2.75, 3.05) is 33.5 Å². The number of benzene rings is 4. The maximum absolute atomic E-state index is 13.5. The molecule has 302 valence electrons. The van der Waals surface area contributed by atoms with E-state index in [0.29, 0.717) is 80.7 Å². The molecule has 0 saturated carbocycles. The molecule has 0 aliphatic carbocycles. The maximum atomic E-state index is 13.5. The van der Waals surface area contributed by atoms with E-state index < -0.39 is 12.6 Å². The Morgan fingerprint density at radius 3 is 1.64 bits per heavy atom. The lowest BCUT2D eigenvalue weighted by molar-refractivity contribution is -0.0525. The molecule has 13 heteroatoms. The van der Waals surface area contributed by atoms with Gasteiger partial charge in [-0.05, 0) is 90.6 Å². The van der Waals surface area contributed by atoms with E-state index in [0.717, 1.165) is 27.8 Å². The van der Waals surface area contributed by atoms with Crippen molar-refractivity contribution in [3.8, 4) is 23.0 Å². The molecule has 2 saturated heterocycles. The first-order valence-electron chi connectivity index (χ1n) is 19.3. The monoisotopic (exact) mass is 797 g/mol. The van der Waals surface area contributed by atoms with Crippen molar-refractivity contribution in [3.63, 3.8) is 0 Å². The van der Waals surface area contributed by atoms with Crippen molar-refractivity contribution in [2.24, 2.45) is 0 Å². The SMILES string of the molecule is CN(Cc1ccco1)Cc1cc2ccc(Oc3ccccc3)cc2n(CC2OCCO2)c1=O.O=Cc1cc2ccc(Oc3ccccc3)cc2n(CC2OCCO2)c1=O. The van der Waals surface area contributed by atoms with Crippen LogP contribution < -0.4 is 20.6 Å². The zero-order valence-electron chi connectivity index (χ0n) is 32.4. The summed E-state index contributed by atoms with van der Waals surface area (Å²) < 4.78 is 42.8. The second-order valence-corrected chi connectivity index (χ2v) is 14.1. The fourth-order valence-electron chi connectivity index (χ4n) is 7.06. The maximum Gasteiger partial charge on any atom is 0.261 e. The summed E-state index contributed by atoms with van der Waals surface area (Å²) in [4.78, 5) is 39.5. The Hall–Kier alpha value is -6.35. The van der Waals surface area contributed by atoms with E-state index in [1.807, 2.05) is 110 Å². The second kappa shape index (κ2) is 18.5. The van der Waals surface area contributed by atoms with Gasteiger partial charge in [-0.2, -0.15) is 0 Å². The van der Waals surface area contributed by atoms with E-state index in [4.69, 9.17) is 32.8 Å². The molecule has 2 aliphatic heterocycles. The van der Waals surface area contributed by atoms with Crippen LogP contribution in [0.15, 0.2) is 142 Å². The summed E-state index contributed by atoms with van der Waals surface area (Å²) in [5, 5.41) is 1.72. The third-order valence-corrected chi connectivity index (χ3v) is 9.81. The molecule has 2 fully saturated rings. The first-order chi connectivity index (χ1) is 28.9. The Morgan fingerprint density at radius 2 is 1.14 bits per heavy atom. The number of ether oxygens (including phenoxy) is 6. The molecule has 0 spiro atoms. The molecular formula is C46H43N3O10. The molecule has 2 aliphatic rings. The lowest BCUT2D eigenvalue weighted by Gasteiger charge is -2.19. The predicted molar refractivity (Wildman–Crippen MR) is 220 cm³/mol. The molecule has 4 aromatic carbocycles. The van der Waals surface area contributed by atoms with Gasteiger partial charge >= 0.3 is 0 Å². The third kappa shape index (κ3) is 9.69. The van der Waals surface area contributed by atoms with Crippen LogP contribution in [0.2, 0.25) is 0 Å². The number of carbonyl (C=O) groups is 1. The molecule has 3 aromatic heterocycles. The van der Waals surface area contributed by atoms with E-state index in [-0.39, 0.29) is 23.2 Å². The minimum Gasteiger partial charge on any atom is -0.468 e. The van der Waals surface area contributed by atoms with E-state index in [1.165, 1.54) is 4.57 Å². The topological polar surface area (TPSA) is 133 Å². The van der Waals surface area contributed by atoms with Crippen LogP contribution in [-0.2, 0) is 45.1 Å². The number of hydrogen-bond acceptors (Lipinski definition) is 11. The van der Waals surface area contributed by atoms with E-state index in [2.05, 4.69) is 4.90 Å². The van der Waals surface area contributed by atoms with Gasteiger partial charge in [0.2, 0.25) is 0 Å². The first kappa shape index (κ1) is 39.5. The third-order valence-electron chi connectivity index (χ3n) is 9.81. The number of furan rings is 1. The lowest BCUT2D eigenvalue weighted by Crippen LogP contribution is -2.32. The van der Waals surface area contributed by atoms with Gasteiger partial charge in [-0.15, -0.1) is 0 Å². The average molecular weight is 798 g/mol. The Balaban J connectivity index is 0.000000169. The normalized spacial score (nSPS) is 14.5. The number of para-hydroxylation sites is 2. The van der Waals surface area contributed by atoms with Crippen LogP contribution in [0, 0.1) is 0 Å². The predicted octanol–water partition coefficient (Wildman–Crippen LogP) is 7.37. The van der Waals surface area contributed by atoms with Gasteiger partial charge in [0.1, 0.15) is 28.8 Å². The van der Waals surface area contributed by atoms with Gasteiger partial charge < -0.3 is 42.0 Å². The second-order valence-electron chi connectivity index (χ2n) is 14.1. The Morgan fingerprint density at radius 1 is 0.610 bits per heavy atom. The van der Waals surface area contributed by atoms with Crippen molar-refractivity contribution >= 4 is 28.1 Å². The molecule has 0 radical (unpaired) electrons. The van der Waals surface area contributed by atoms with Crippen LogP contribution in [0.4, 0.5) is 0 Å². The number of carbonyl (C=O) groups excluding carboxylic acids is 1. The van der Waals surface area contributed by atoms with Gasteiger partial charge in [0.25, 0.3) is 11.1 Å². The summed E-state index contributed by atoms with van der Waals surface area (Å²) >= 11 is 0. The Labute approximate surface area is 339 Å². The largest absolute Gasteiger partial charge is 0.468 e. The molecule has 7 aromatic rings. The molecule has 0 bridgehead atoms. The lowest BCUT2D eigenvalue weighted by atomic mass is 10.1.